The number of aliphatic imine (C=N–C) groups is 1. The van der Waals surface area contributed by atoms with Crippen molar-refractivity contribution in [3.63, 3.8) is 0 Å². The summed E-state index contributed by atoms with van der Waals surface area (Å²) in [6.07, 6.45) is 5.01. The number of rotatable bonds is 2. The second-order valence-electron chi connectivity index (χ2n) is 7.09. The van der Waals surface area contributed by atoms with E-state index in [9.17, 15) is 0 Å². The van der Waals surface area contributed by atoms with E-state index in [2.05, 4.69) is 41.5 Å². The van der Waals surface area contributed by atoms with Crippen LogP contribution in [0.25, 0.3) is 0 Å². The van der Waals surface area contributed by atoms with Gasteiger partial charge in [-0.3, -0.25) is 4.99 Å². The summed E-state index contributed by atoms with van der Waals surface area (Å²) in [5, 5.41) is 0. The predicted molar refractivity (Wildman–Crippen MR) is 84.4 cm³/mol. The Morgan fingerprint density at radius 3 is 2.42 bits per heavy atom. The van der Waals surface area contributed by atoms with Gasteiger partial charge in [0.25, 0.3) is 0 Å². The minimum absolute atomic E-state index is 0.634. The summed E-state index contributed by atoms with van der Waals surface area (Å²) in [5.41, 5.74) is 4.60. The van der Waals surface area contributed by atoms with Gasteiger partial charge in [-0.1, -0.05) is 41.5 Å². The van der Waals surface area contributed by atoms with E-state index in [-0.39, 0.29) is 0 Å². The molecule has 1 nitrogen and oxygen atoms in total. The molecule has 1 aliphatic carbocycles. The van der Waals surface area contributed by atoms with Crippen molar-refractivity contribution < 1.29 is 0 Å². The average Bonchev–Trinajstić information content (AvgIpc) is 2.54. The third-order valence-electron chi connectivity index (χ3n) is 5.87. The van der Waals surface area contributed by atoms with E-state index in [1.165, 1.54) is 37.1 Å². The first-order valence-electron chi connectivity index (χ1n) is 8.26. The Morgan fingerprint density at radius 2 is 1.79 bits per heavy atom. The van der Waals surface area contributed by atoms with Gasteiger partial charge in [-0.05, 0) is 54.9 Å². The molecule has 0 amide bonds. The lowest BCUT2D eigenvalue weighted by Gasteiger charge is -2.33. The second kappa shape index (κ2) is 5.81. The highest BCUT2D eigenvalue weighted by Gasteiger charge is 2.33. The van der Waals surface area contributed by atoms with Gasteiger partial charge >= 0.3 is 0 Å². The molecule has 5 atom stereocenters. The lowest BCUT2D eigenvalue weighted by atomic mass is 9.75. The molecule has 1 heteroatoms. The molecule has 0 fully saturated rings. The second-order valence-corrected chi connectivity index (χ2v) is 7.09. The Bertz CT molecular complexity index is 390. The van der Waals surface area contributed by atoms with Gasteiger partial charge < -0.3 is 0 Å². The topological polar surface area (TPSA) is 12.4 Å². The zero-order chi connectivity index (χ0) is 14.2. The molecule has 0 aromatic carbocycles. The fourth-order valence-electron chi connectivity index (χ4n) is 3.64. The summed E-state index contributed by atoms with van der Waals surface area (Å²) in [4.78, 5) is 5.13. The first-order chi connectivity index (χ1) is 8.95. The number of hydrogen-bond acceptors (Lipinski definition) is 1. The van der Waals surface area contributed by atoms with E-state index in [0.29, 0.717) is 17.8 Å². The zero-order valence-electron chi connectivity index (χ0n) is 13.7. The molecule has 0 saturated carbocycles. The molecule has 108 valence electrons. The van der Waals surface area contributed by atoms with Crippen LogP contribution in [0.2, 0.25) is 0 Å². The van der Waals surface area contributed by atoms with Crippen molar-refractivity contribution in [1.82, 2.24) is 0 Å². The summed E-state index contributed by atoms with van der Waals surface area (Å²) in [6.45, 7) is 14.3. The molecular formula is C18H31N. The molecule has 0 spiro atoms. The van der Waals surface area contributed by atoms with Gasteiger partial charge in [0.15, 0.2) is 0 Å². The first kappa shape index (κ1) is 14.8. The van der Waals surface area contributed by atoms with Crippen LogP contribution in [0.5, 0.6) is 0 Å². The number of allylic oxidation sites excluding steroid dienone is 2. The molecule has 0 saturated heterocycles. The van der Waals surface area contributed by atoms with Gasteiger partial charge in [-0.25, -0.2) is 0 Å². The molecule has 1 aliphatic heterocycles. The largest absolute Gasteiger partial charge is 0.262 e. The molecule has 0 N–H and O–H groups in total. The van der Waals surface area contributed by atoms with E-state index < -0.39 is 0 Å². The van der Waals surface area contributed by atoms with Crippen LogP contribution in [0.1, 0.15) is 67.2 Å². The van der Waals surface area contributed by atoms with Crippen LogP contribution in [0.3, 0.4) is 0 Å². The number of hydrogen-bond donors (Lipinski definition) is 0. The smallest absolute Gasteiger partial charge is 0.0398 e. The van der Waals surface area contributed by atoms with Crippen LogP contribution in [0.4, 0.5) is 0 Å². The molecule has 0 bridgehead atoms. The Morgan fingerprint density at radius 1 is 1.11 bits per heavy atom. The predicted octanol–water partition coefficient (Wildman–Crippen LogP) is 5.47. The van der Waals surface area contributed by atoms with Gasteiger partial charge in [0.1, 0.15) is 0 Å². The quantitative estimate of drug-likeness (QED) is 0.625. The monoisotopic (exact) mass is 261 g/mol. The number of nitrogens with zero attached hydrogens (tertiary/aromatic N) is 1. The van der Waals surface area contributed by atoms with Crippen molar-refractivity contribution >= 4 is 5.71 Å². The summed E-state index contributed by atoms with van der Waals surface area (Å²) in [7, 11) is 0. The lowest BCUT2D eigenvalue weighted by molar-refractivity contribution is 0.362. The van der Waals surface area contributed by atoms with E-state index in [4.69, 9.17) is 4.99 Å². The van der Waals surface area contributed by atoms with Crippen molar-refractivity contribution in [2.45, 2.75) is 67.2 Å². The van der Waals surface area contributed by atoms with Crippen molar-refractivity contribution in [2.24, 2.45) is 34.6 Å². The van der Waals surface area contributed by atoms with E-state index in [0.717, 1.165) is 11.8 Å². The normalized spacial score (nSPS) is 37.5. The summed E-state index contributed by atoms with van der Waals surface area (Å²) in [5.74, 6) is 3.64. The van der Waals surface area contributed by atoms with Gasteiger partial charge in [-0.15, -0.1) is 0 Å². The highest BCUT2D eigenvalue weighted by molar-refractivity contribution is 5.90. The van der Waals surface area contributed by atoms with Gasteiger partial charge in [0, 0.05) is 17.3 Å². The Kier molecular flexibility index (Phi) is 4.53. The maximum atomic E-state index is 5.13. The van der Waals surface area contributed by atoms with Crippen LogP contribution >= 0.6 is 0 Å². The third kappa shape index (κ3) is 2.80. The van der Waals surface area contributed by atoms with Crippen LogP contribution < -0.4 is 0 Å². The Balaban J connectivity index is 2.34. The molecule has 0 aromatic rings. The molecule has 2 aliphatic rings. The average molecular weight is 261 g/mol. The van der Waals surface area contributed by atoms with Crippen molar-refractivity contribution in [2.75, 3.05) is 0 Å². The van der Waals surface area contributed by atoms with Crippen LogP contribution in [0, 0.1) is 29.6 Å². The van der Waals surface area contributed by atoms with Gasteiger partial charge in [0.2, 0.25) is 0 Å². The summed E-state index contributed by atoms with van der Waals surface area (Å²) >= 11 is 0. The Labute approximate surface area is 119 Å². The van der Waals surface area contributed by atoms with E-state index in [1.807, 2.05) is 0 Å². The molecule has 5 unspecified atom stereocenters. The lowest BCUT2D eigenvalue weighted by Crippen LogP contribution is -2.30. The first-order valence-corrected chi connectivity index (χ1v) is 8.26. The third-order valence-corrected chi connectivity index (χ3v) is 5.87. The summed E-state index contributed by atoms with van der Waals surface area (Å²) in [6, 6.07) is 0. The maximum Gasteiger partial charge on any atom is 0.0398 e. The zero-order valence-corrected chi connectivity index (χ0v) is 13.7. The van der Waals surface area contributed by atoms with Gasteiger partial charge in [0.05, 0.1) is 0 Å². The standard InChI is InChI=1S/C18H31N/c1-7-11(2)18-15(6)14(5)16-10-13(4)12(3)8-9-17(16)19-18/h11-15H,7-10H2,1-6H3. The maximum absolute atomic E-state index is 5.13. The fraction of sp³-hybridized carbons (Fsp3) is 0.833. The highest BCUT2D eigenvalue weighted by Crippen LogP contribution is 2.42. The van der Waals surface area contributed by atoms with Gasteiger partial charge in [-0.2, -0.15) is 0 Å². The van der Waals surface area contributed by atoms with E-state index >= 15 is 0 Å². The molecule has 1 heterocycles. The summed E-state index contributed by atoms with van der Waals surface area (Å²) < 4.78 is 0. The van der Waals surface area contributed by atoms with Crippen molar-refractivity contribution in [3.8, 4) is 0 Å². The van der Waals surface area contributed by atoms with Crippen molar-refractivity contribution in [3.05, 3.63) is 11.3 Å². The SMILES string of the molecule is CCC(C)C1=NC2=C(CC(C)C(C)CC2)C(C)C1C. The molecule has 0 radical (unpaired) electrons. The molecule has 0 aromatic heterocycles. The highest BCUT2D eigenvalue weighted by atomic mass is 14.8. The van der Waals surface area contributed by atoms with Crippen LogP contribution in [-0.2, 0) is 0 Å². The van der Waals surface area contributed by atoms with E-state index in [1.54, 1.807) is 5.57 Å². The minimum Gasteiger partial charge on any atom is -0.262 e. The molecule has 19 heavy (non-hydrogen) atoms. The van der Waals surface area contributed by atoms with Crippen LogP contribution in [0.15, 0.2) is 16.3 Å². The minimum atomic E-state index is 0.634. The fourth-order valence-corrected chi connectivity index (χ4v) is 3.64. The van der Waals surface area contributed by atoms with Crippen LogP contribution in [-0.4, -0.2) is 5.71 Å². The van der Waals surface area contributed by atoms with Crippen molar-refractivity contribution in [1.29, 1.82) is 0 Å². The Hall–Kier alpha value is -0.590. The molecular weight excluding hydrogens is 230 g/mol. The molecule has 2 rings (SSSR count).